The zero-order valence-electron chi connectivity index (χ0n) is 7.13. The number of hydrogen-bond acceptors (Lipinski definition) is 2. The van der Waals surface area contributed by atoms with Crippen molar-refractivity contribution in [2.75, 3.05) is 19.3 Å². The highest BCUT2D eigenvalue weighted by atomic mass is 32.2. The lowest BCUT2D eigenvalue weighted by molar-refractivity contribution is -0.378. The smallest absolute Gasteiger partial charge is 0.208 e. The van der Waals surface area contributed by atoms with E-state index in [0.29, 0.717) is 12.5 Å². The first-order valence-corrected chi connectivity index (χ1v) is 5.62. The number of hydrogen-bond donors (Lipinski definition) is 2. The van der Waals surface area contributed by atoms with Crippen molar-refractivity contribution in [3.63, 3.8) is 0 Å². The Morgan fingerprint density at radius 2 is 2.09 bits per heavy atom. The van der Waals surface area contributed by atoms with E-state index >= 15 is 0 Å². The van der Waals surface area contributed by atoms with E-state index < -0.39 is 10.0 Å². The fraction of sp³-hybridized carbons (Fsp3) is 1.00. The monoisotopic (exact) mass is 181 g/mol. The van der Waals surface area contributed by atoms with Crippen molar-refractivity contribution in [3.05, 3.63) is 0 Å². The molecule has 0 heterocycles. The van der Waals surface area contributed by atoms with Gasteiger partial charge in [-0.2, -0.15) is 0 Å². The highest BCUT2D eigenvalue weighted by molar-refractivity contribution is 7.88. The number of quaternary nitrogens is 1. The molecule has 0 fully saturated rings. The normalized spacial score (nSPS) is 14.8. The molecule has 5 heteroatoms. The van der Waals surface area contributed by atoms with Crippen LogP contribution in [-0.2, 0) is 10.0 Å². The Labute approximate surface area is 68.2 Å². The summed E-state index contributed by atoms with van der Waals surface area (Å²) >= 11 is 0. The van der Waals surface area contributed by atoms with Gasteiger partial charge in [0.15, 0.2) is 0 Å². The second kappa shape index (κ2) is 4.69. The van der Waals surface area contributed by atoms with Crippen molar-refractivity contribution in [1.29, 1.82) is 0 Å². The standard InChI is InChI=1S/C6H16N2O2S/c1-3-6(4-7)5-8-11(2,9)10/h6,8H,3-5,7H2,1-2H3/p+1. The minimum Gasteiger partial charge on any atom is -0.357 e. The summed E-state index contributed by atoms with van der Waals surface area (Å²) in [4.78, 5) is 0. The van der Waals surface area contributed by atoms with E-state index in [0.717, 1.165) is 13.0 Å². The Bertz CT molecular complexity index is 185. The van der Waals surface area contributed by atoms with E-state index in [9.17, 15) is 8.42 Å². The van der Waals surface area contributed by atoms with Gasteiger partial charge in [-0.3, -0.25) is 0 Å². The highest BCUT2D eigenvalue weighted by Crippen LogP contribution is 1.96. The molecule has 68 valence electrons. The molecule has 4 N–H and O–H groups in total. The molecular weight excluding hydrogens is 164 g/mol. The summed E-state index contributed by atoms with van der Waals surface area (Å²) in [7, 11) is -3.02. The minimum atomic E-state index is -3.02. The van der Waals surface area contributed by atoms with Crippen molar-refractivity contribution in [2.45, 2.75) is 13.3 Å². The second-order valence-electron chi connectivity index (χ2n) is 2.68. The van der Waals surface area contributed by atoms with Crippen LogP contribution in [0.5, 0.6) is 0 Å². The summed E-state index contributed by atoms with van der Waals surface area (Å²) in [6.07, 6.45) is 2.13. The summed E-state index contributed by atoms with van der Waals surface area (Å²) in [5.41, 5.74) is 3.72. The van der Waals surface area contributed by atoms with E-state index in [1.54, 1.807) is 0 Å². The molecule has 0 amide bonds. The molecule has 0 aromatic rings. The summed E-state index contributed by atoms with van der Waals surface area (Å²) in [5.74, 6) is 0.365. The lowest BCUT2D eigenvalue weighted by atomic mass is 10.1. The van der Waals surface area contributed by atoms with Crippen LogP contribution in [-0.4, -0.2) is 27.8 Å². The lowest BCUT2D eigenvalue weighted by Gasteiger charge is -2.09. The average Bonchev–Trinajstić information content (AvgIpc) is 1.88. The maximum Gasteiger partial charge on any atom is 0.208 e. The fourth-order valence-electron chi connectivity index (χ4n) is 0.720. The molecule has 0 aliphatic rings. The molecule has 0 radical (unpaired) electrons. The predicted molar refractivity (Wildman–Crippen MR) is 44.4 cm³/mol. The van der Waals surface area contributed by atoms with Crippen molar-refractivity contribution >= 4 is 10.0 Å². The van der Waals surface area contributed by atoms with Gasteiger partial charge < -0.3 is 5.73 Å². The van der Waals surface area contributed by atoms with E-state index in [2.05, 4.69) is 10.5 Å². The van der Waals surface area contributed by atoms with Crippen LogP contribution in [0.3, 0.4) is 0 Å². The third kappa shape index (κ3) is 6.28. The van der Waals surface area contributed by atoms with Crippen LogP contribution in [0.15, 0.2) is 0 Å². The van der Waals surface area contributed by atoms with Crippen molar-refractivity contribution in [2.24, 2.45) is 5.92 Å². The van der Waals surface area contributed by atoms with Gasteiger partial charge in [0, 0.05) is 12.5 Å². The molecule has 0 bridgehead atoms. The first-order chi connectivity index (χ1) is 4.99. The van der Waals surface area contributed by atoms with E-state index in [4.69, 9.17) is 0 Å². The van der Waals surface area contributed by atoms with Crippen LogP contribution in [0.1, 0.15) is 13.3 Å². The van der Waals surface area contributed by atoms with E-state index in [1.165, 1.54) is 6.26 Å². The number of sulfonamides is 1. The molecule has 0 rings (SSSR count). The van der Waals surface area contributed by atoms with E-state index in [1.807, 2.05) is 6.92 Å². The Hall–Kier alpha value is -0.130. The maximum atomic E-state index is 10.6. The van der Waals surface area contributed by atoms with Gasteiger partial charge in [0.2, 0.25) is 10.0 Å². The molecule has 0 saturated heterocycles. The first-order valence-electron chi connectivity index (χ1n) is 3.73. The Balaban J connectivity index is 3.69. The zero-order valence-corrected chi connectivity index (χ0v) is 7.95. The van der Waals surface area contributed by atoms with Gasteiger partial charge in [-0.05, 0) is 6.42 Å². The highest BCUT2D eigenvalue weighted by Gasteiger charge is 2.08. The third-order valence-electron chi connectivity index (χ3n) is 1.62. The summed E-state index contributed by atoms with van der Waals surface area (Å²) in [6.45, 7) is 3.32. The molecule has 0 aromatic heterocycles. The molecule has 1 unspecified atom stereocenters. The third-order valence-corrected chi connectivity index (χ3v) is 2.31. The molecule has 0 aromatic carbocycles. The molecule has 0 saturated carbocycles. The van der Waals surface area contributed by atoms with Gasteiger partial charge >= 0.3 is 0 Å². The summed E-state index contributed by atoms with van der Waals surface area (Å²) < 4.78 is 23.7. The van der Waals surface area contributed by atoms with Crippen LogP contribution >= 0.6 is 0 Å². The van der Waals surface area contributed by atoms with Gasteiger partial charge in [-0.25, -0.2) is 13.1 Å². The molecule has 11 heavy (non-hydrogen) atoms. The van der Waals surface area contributed by atoms with Crippen molar-refractivity contribution in [1.82, 2.24) is 4.72 Å². The summed E-state index contributed by atoms with van der Waals surface area (Å²) in [5, 5.41) is 0. The van der Waals surface area contributed by atoms with Crippen LogP contribution in [0, 0.1) is 5.92 Å². The van der Waals surface area contributed by atoms with Gasteiger partial charge in [0.25, 0.3) is 0 Å². The lowest BCUT2D eigenvalue weighted by Crippen LogP contribution is -2.55. The van der Waals surface area contributed by atoms with Crippen LogP contribution < -0.4 is 10.5 Å². The topological polar surface area (TPSA) is 73.8 Å². The Morgan fingerprint density at radius 3 is 2.36 bits per heavy atom. The largest absolute Gasteiger partial charge is 0.357 e. The summed E-state index contributed by atoms with van der Waals surface area (Å²) in [6, 6.07) is 0. The number of nitrogens with one attached hydrogen (secondary N) is 1. The molecular formula is C6H17N2O2S+. The Kier molecular flexibility index (Phi) is 4.63. The average molecular weight is 181 g/mol. The molecule has 1 atom stereocenters. The van der Waals surface area contributed by atoms with Crippen molar-refractivity contribution < 1.29 is 14.2 Å². The number of rotatable bonds is 5. The van der Waals surface area contributed by atoms with Crippen LogP contribution in [0.4, 0.5) is 0 Å². The maximum absolute atomic E-state index is 10.6. The quantitative estimate of drug-likeness (QED) is 0.559. The van der Waals surface area contributed by atoms with Gasteiger partial charge in [0.05, 0.1) is 12.8 Å². The molecule has 4 nitrogen and oxygen atoms in total. The second-order valence-corrected chi connectivity index (χ2v) is 4.52. The van der Waals surface area contributed by atoms with E-state index in [-0.39, 0.29) is 0 Å². The van der Waals surface area contributed by atoms with Gasteiger partial charge in [0.1, 0.15) is 0 Å². The van der Waals surface area contributed by atoms with Gasteiger partial charge in [-0.1, -0.05) is 6.92 Å². The van der Waals surface area contributed by atoms with Gasteiger partial charge in [-0.15, -0.1) is 0 Å². The fourth-order valence-corrected chi connectivity index (χ4v) is 1.26. The van der Waals surface area contributed by atoms with Crippen molar-refractivity contribution in [3.8, 4) is 0 Å². The predicted octanol–water partition coefficient (Wildman–Crippen LogP) is -1.20. The molecule has 0 aliphatic heterocycles. The molecule has 0 aliphatic carbocycles. The first kappa shape index (κ1) is 10.9. The Morgan fingerprint density at radius 1 is 1.55 bits per heavy atom. The minimum absolute atomic E-state index is 0.365. The zero-order chi connectivity index (χ0) is 8.91. The van der Waals surface area contributed by atoms with Crippen LogP contribution in [0.2, 0.25) is 0 Å². The molecule has 0 spiro atoms. The van der Waals surface area contributed by atoms with Crippen LogP contribution in [0.25, 0.3) is 0 Å². The SMILES string of the molecule is CCC(C[NH3+])CNS(C)(=O)=O.